The lowest BCUT2D eigenvalue weighted by Gasteiger charge is -2.11. The van der Waals surface area contributed by atoms with Crippen LogP contribution in [-0.4, -0.2) is 9.97 Å². The molecule has 0 atom stereocenters. The van der Waals surface area contributed by atoms with Crippen molar-refractivity contribution >= 4 is 75.1 Å². The van der Waals surface area contributed by atoms with Crippen LogP contribution in [-0.2, 0) is 0 Å². The van der Waals surface area contributed by atoms with Gasteiger partial charge < -0.3 is 4.42 Å². The number of benzene rings is 7. The fraction of sp³-hybridized carbons (Fsp3) is 0. The first kappa shape index (κ1) is 25.5. The van der Waals surface area contributed by atoms with Crippen molar-refractivity contribution in [1.82, 2.24) is 9.97 Å². The van der Waals surface area contributed by atoms with Gasteiger partial charge in [0.1, 0.15) is 11.2 Å². The monoisotopic (exact) mass is 604 g/mol. The molecule has 0 spiro atoms. The van der Waals surface area contributed by atoms with Crippen molar-refractivity contribution in [3.63, 3.8) is 0 Å². The van der Waals surface area contributed by atoms with Gasteiger partial charge in [-0.1, -0.05) is 97.1 Å². The molecule has 0 saturated heterocycles. The molecule has 0 N–H and O–H groups in total. The Hall–Kier alpha value is -5.84. The Morgan fingerprint density at radius 3 is 2.09 bits per heavy atom. The number of nitrogens with zero attached hydrogens (tertiary/aromatic N) is 2. The Kier molecular flexibility index (Phi) is 5.45. The summed E-state index contributed by atoms with van der Waals surface area (Å²) in [6, 6.07) is 51.4. The van der Waals surface area contributed by atoms with Gasteiger partial charge in [-0.05, 0) is 70.4 Å². The standard InChI is InChI=1S/C42H24N2OS/c1-2-9-25(10-3-1)40-32-18-19-35-39(34-23-27-11-4-5-12-28(27)24-36(34)45-35)41(32)44-42(43-40)30-14-8-13-26(21-30)29-17-20-38-33(22-29)31-15-6-7-16-37(31)46-38/h1-24H. The summed E-state index contributed by atoms with van der Waals surface area (Å²) in [6.45, 7) is 0. The molecule has 7 aromatic carbocycles. The summed E-state index contributed by atoms with van der Waals surface area (Å²) in [6.07, 6.45) is 0. The molecule has 0 saturated carbocycles. The van der Waals surface area contributed by atoms with Crippen LogP contribution in [0.2, 0.25) is 0 Å². The van der Waals surface area contributed by atoms with E-state index in [1.165, 1.54) is 31.1 Å². The van der Waals surface area contributed by atoms with Crippen LogP contribution in [0.3, 0.4) is 0 Å². The predicted octanol–water partition coefficient (Wildman–Crippen LogP) is 12.1. The molecule has 10 rings (SSSR count). The Balaban J connectivity index is 1.22. The van der Waals surface area contributed by atoms with E-state index < -0.39 is 0 Å². The average molecular weight is 605 g/mol. The first-order valence-corrected chi connectivity index (χ1v) is 16.2. The summed E-state index contributed by atoms with van der Waals surface area (Å²) >= 11 is 1.84. The lowest BCUT2D eigenvalue weighted by molar-refractivity contribution is 0.669. The lowest BCUT2D eigenvalue weighted by atomic mass is 9.99. The molecule has 46 heavy (non-hydrogen) atoms. The van der Waals surface area contributed by atoms with E-state index in [1.54, 1.807) is 0 Å². The second-order valence-corrected chi connectivity index (χ2v) is 12.9. The van der Waals surface area contributed by atoms with Crippen LogP contribution >= 0.6 is 11.3 Å². The molecule has 0 amide bonds. The van der Waals surface area contributed by atoms with Crippen LogP contribution in [0, 0.1) is 0 Å². The molecule has 0 aliphatic heterocycles. The van der Waals surface area contributed by atoms with Crippen molar-refractivity contribution < 1.29 is 4.42 Å². The zero-order valence-electron chi connectivity index (χ0n) is 24.6. The van der Waals surface area contributed by atoms with E-state index >= 15 is 0 Å². The summed E-state index contributed by atoms with van der Waals surface area (Å²) in [5.41, 5.74) is 7.84. The normalized spacial score (nSPS) is 11.9. The molecule has 3 heterocycles. The smallest absolute Gasteiger partial charge is 0.160 e. The quantitative estimate of drug-likeness (QED) is 0.201. The topological polar surface area (TPSA) is 38.9 Å². The second-order valence-electron chi connectivity index (χ2n) is 11.8. The maximum Gasteiger partial charge on any atom is 0.160 e. The number of aromatic nitrogens is 2. The summed E-state index contributed by atoms with van der Waals surface area (Å²) < 4.78 is 9.05. The third-order valence-electron chi connectivity index (χ3n) is 9.05. The first-order valence-electron chi connectivity index (χ1n) is 15.4. The van der Waals surface area contributed by atoms with Gasteiger partial charge in [0.25, 0.3) is 0 Å². The minimum atomic E-state index is 0.693. The summed E-state index contributed by atoms with van der Waals surface area (Å²) in [4.78, 5) is 10.6. The first-order chi connectivity index (χ1) is 22.8. The minimum absolute atomic E-state index is 0.693. The summed E-state index contributed by atoms with van der Waals surface area (Å²) in [7, 11) is 0. The largest absolute Gasteiger partial charge is 0.456 e. The second kappa shape index (κ2) is 9.83. The van der Waals surface area contributed by atoms with Crippen LogP contribution in [0.1, 0.15) is 0 Å². The molecule has 4 heteroatoms. The van der Waals surface area contributed by atoms with Gasteiger partial charge in [0.2, 0.25) is 0 Å². The number of rotatable bonds is 3. The van der Waals surface area contributed by atoms with Crippen molar-refractivity contribution in [1.29, 1.82) is 0 Å². The molecule has 0 aliphatic rings. The fourth-order valence-corrected chi connectivity index (χ4v) is 7.91. The van der Waals surface area contributed by atoms with E-state index in [0.717, 1.165) is 60.6 Å². The van der Waals surface area contributed by atoms with Gasteiger partial charge in [-0.2, -0.15) is 0 Å². The Morgan fingerprint density at radius 2 is 1.17 bits per heavy atom. The van der Waals surface area contributed by atoms with Gasteiger partial charge in [0.05, 0.1) is 16.6 Å². The summed E-state index contributed by atoms with van der Waals surface area (Å²) in [5, 5.41) is 8.01. The van der Waals surface area contributed by atoms with E-state index in [9.17, 15) is 0 Å². The van der Waals surface area contributed by atoms with Crippen LogP contribution < -0.4 is 0 Å². The van der Waals surface area contributed by atoms with Crippen LogP contribution in [0.25, 0.3) is 97.6 Å². The fourth-order valence-electron chi connectivity index (χ4n) is 6.83. The molecule has 3 nitrogen and oxygen atoms in total. The molecule has 0 fully saturated rings. The SMILES string of the molecule is c1ccc(-c2nc(-c3cccc(-c4ccc5sc6ccccc6c5c4)c3)nc3c2ccc2oc4cc5ccccc5cc4c23)cc1. The van der Waals surface area contributed by atoms with Crippen molar-refractivity contribution in [2.45, 2.75) is 0 Å². The van der Waals surface area contributed by atoms with Crippen molar-refractivity contribution in [2.75, 3.05) is 0 Å². The van der Waals surface area contributed by atoms with Crippen molar-refractivity contribution in [3.8, 4) is 33.8 Å². The molecule has 0 unspecified atom stereocenters. The van der Waals surface area contributed by atoms with Gasteiger partial charge in [0, 0.05) is 42.1 Å². The zero-order chi connectivity index (χ0) is 30.2. The maximum absolute atomic E-state index is 6.44. The van der Waals surface area contributed by atoms with Gasteiger partial charge in [0.15, 0.2) is 5.82 Å². The molecule has 3 aromatic heterocycles. The predicted molar refractivity (Wildman–Crippen MR) is 194 cm³/mol. The molecular weight excluding hydrogens is 581 g/mol. The number of thiophene rings is 1. The third-order valence-corrected chi connectivity index (χ3v) is 10.2. The van der Waals surface area contributed by atoms with E-state index in [0.29, 0.717) is 5.82 Å². The highest BCUT2D eigenvalue weighted by Gasteiger charge is 2.18. The molecule has 0 aliphatic carbocycles. The average Bonchev–Trinajstić information content (AvgIpc) is 3.68. The zero-order valence-corrected chi connectivity index (χ0v) is 25.4. The third kappa shape index (κ3) is 3.91. The van der Waals surface area contributed by atoms with Gasteiger partial charge >= 0.3 is 0 Å². The highest BCUT2D eigenvalue weighted by atomic mass is 32.1. The lowest BCUT2D eigenvalue weighted by Crippen LogP contribution is -1.96. The van der Waals surface area contributed by atoms with E-state index in [4.69, 9.17) is 14.4 Å². The van der Waals surface area contributed by atoms with Gasteiger partial charge in [-0.3, -0.25) is 0 Å². The molecule has 10 aromatic rings. The number of hydrogen-bond acceptors (Lipinski definition) is 4. The van der Waals surface area contributed by atoms with Crippen LogP contribution in [0.5, 0.6) is 0 Å². The van der Waals surface area contributed by atoms with E-state index in [-0.39, 0.29) is 0 Å². The Labute approximate surface area is 268 Å². The number of fused-ring (bicyclic) bond motifs is 9. The summed E-state index contributed by atoms with van der Waals surface area (Å²) in [5.74, 6) is 0.693. The molecule has 0 bridgehead atoms. The molecule has 214 valence electrons. The molecule has 0 radical (unpaired) electrons. The van der Waals surface area contributed by atoms with Gasteiger partial charge in [-0.15, -0.1) is 11.3 Å². The highest BCUT2D eigenvalue weighted by molar-refractivity contribution is 7.25. The van der Waals surface area contributed by atoms with E-state index in [1.807, 2.05) is 17.4 Å². The Morgan fingerprint density at radius 1 is 0.435 bits per heavy atom. The Bertz CT molecular complexity index is 2810. The number of furan rings is 1. The van der Waals surface area contributed by atoms with Crippen molar-refractivity contribution in [2.24, 2.45) is 0 Å². The molecular formula is C42H24N2OS. The van der Waals surface area contributed by atoms with E-state index in [2.05, 4.69) is 140 Å². The van der Waals surface area contributed by atoms with Crippen LogP contribution in [0.4, 0.5) is 0 Å². The maximum atomic E-state index is 6.44. The van der Waals surface area contributed by atoms with Crippen molar-refractivity contribution in [3.05, 3.63) is 146 Å². The van der Waals surface area contributed by atoms with Gasteiger partial charge in [-0.25, -0.2) is 9.97 Å². The highest BCUT2D eigenvalue weighted by Crippen LogP contribution is 2.40. The number of hydrogen-bond donors (Lipinski definition) is 0. The van der Waals surface area contributed by atoms with Crippen LogP contribution in [0.15, 0.2) is 150 Å². The minimum Gasteiger partial charge on any atom is -0.456 e.